The lowest BCUT2D eigenvalue weighted by Crippen LogP contribution is -2.39. The van der Waals surface area contributed by atoms with Gasteiger partial charge in [-0.2, -0.15) is 0 Å². The smallest absolute Gasteiger partial charge is 0.191 e. The molecule has 2 aromatic carbocycles. The molecular formula is C23H35IN4O2. The summed E-state index contributed by atoms with van der Waals surface area (Å²) in [5.74, 6) is 2.33. The highest BCUT2D eigenvalue weighted by Crippen LogP contribution is 2.27. The summed E-state index contributed by atoms with van der Waals surface area (Å²) in [4.78, 5) is 7.01. The molecule has 2 N–H and O–H groups in total. The van der Waals surface area contributed by atoms with Gasteiger partial charge < -0.3 is 25.0 Å². The van der Waals surface area contributed by atoms with Gasteiger partial charge in [0.15, 0.2) is 17.5 Å². The molecule has 0 amide bonds. The minimum atomic E-state index is 0. The van der Waals surface area contributed by atoms with Crippen molar-refractivity contribution in [2.24, 2.45) is 4.99 Å². The number of guanidine groups is 1. The Labute approximate surface area is 198 Å². The van der Waals surface area contributed by atoms with Crippen LogP contribution in [0, 0.1) is 0 Å². The van der Waals surface area contributed by atoms with Crippen molar-refractivity contribution in [2.45, 2.75) is 19.4 Å². The monoisotopic (exact) mass is 526 g/mol. The minimum absolute atomic E-state index is 0. The van der Waals surface area contributed by atoms with Crippen LogP contribution in [0.25, 0.3) is 0 Å². The van der Waals surface area contributed by atoms with Crippen LogP contribution in [0.1, 0.15) is 24.1 Å². The van der Waals surface area contributed by atoms with Crippen molar-refractivity contribution in [1.82, 2.24) is 15.5 Å². The molecule has 0 saturated carbocycles. The number of rotatable bonds is 10. The Morgan fingerprint density at radius 3 is 2.30 bits per heavy atom. The van der Waals surface area contributed by atoms with Crippen LogP contribution in [-0.4, -0.2) is 58.8 Å². The minimum Gasteiger partial charge on any atom is -0.493 e. The predicted octanol–water partition coefficient (Wildman–Crippen LogP) is 3.72. The first-order valence-electron chi connectivity index (χ1n) is 10.0. The molecule has 30 heavy (non-hydrogen) atoms. The van der Waals surface area contributed by atoms with Crippen molar-refractivity contribution in [3.63, 3.8) is 0 Å². The molecule has 1 unspecified atom stereocenters. The molecule has 0 aliphatic carbocycles. The van der Waals surface area contributed by atoms with E-state index in [0.29, 0.717) is 6.54 Å². The van der Waals surface area contributed by atoms with E-state index in [9.17, 15) is 0 Å². The van der Waals surface area contributed by atoms with E-state index in [4.69, 9.17) is 14.5 Å². The number of halogens is 1. The standard InChI is InChI=1S/C23H34N4O2.HI/c1-6-24-23(26-17-20(27(2)3)19-10-8-7-9-11-19)25-15-14-18-12-13-21(28-4)22(16-18)29-5;/h7-13,16,20H,6,14-15,17H2,1-5H3,(H2,24,25,26);1H. The maximum atomic E-state index is 5.39. The highest BCUT2D eigenvalue weighted by Gasteiger charge is 2.13. The SMILES string of the molecule is CCNC(=NCC(c1ccccc1)N(C)C)NCCc1ccc(OC)c(OC)c1.I. The first-order valence-corrected chi connectivity index (χ1v) is 10.0. The van der Waals surface area contributed by atoms with E-state index in [2.05, 4.69) is 66.9 Å². The van der Waals surface area contributed by atoms with E-state index in [1.54, 1.807) is 14.2 Å². The molecule has 0 saturated heterocycles. The van der Waals surface area contributed by atoms with Crippen LogP contribution in [0.4, 0.5) is 0 Å². The van der Waals surface area contributed by atoms with Gasteiger partial charge >= 0.3 is 0 Å². The van der Waals surface area contributed by atoms with E-state index in [-0.39, 0.29) is 30.0 Å². The summed E-state index contributed by atoms with van der Waals surface area (Å²) < 4.78 is 10.7. The van der Waals surface area contributed by atoms with E-state index in [0.717, 1.165) is 37.0 Å². The molecule has 6 nitrogen and oxygen atoms in total. The number of hydrogen-bond donors (Lipinski definition) is 2. The second-order valence-electron chi connectivity index (χ2n) is 6.98. The number of likely N-dealkylation sites (N-methyl/N-ethyl adjacent to an activating group) is 1. The maximum absolute atomic E-state index is 5.39. The molecule has 2 rings (SSSR count). The van der Waals surface area contributed by atoms with Gasteiger partial charge in [0, 0.05) is 13.1 Å². The van der Waals surface area contributed by atoms with Crippen LogP contribution in [0.5, 0.6) is 11.5 Å². The summed E-state index contributed by atoms with van der Waals surface area (Å²) in [5, 5.41) is 6.76. The van der Waals surface area contributed by atoms with Gasteiger partial charge in [0.1, 0.15) is 0 Å². The Balaban J connectivity index is 0.00000450. The van der Waals surface area contributed by atoms with Gasteiger partial charge in [0.05, 0.1) is 26.8 Å². The zero-order valence-electron chi connectivity index (χ0n) is 18.6. The van der Waals surface area contributed by atoms with Gasteiger partial charge in [-0.05, 0) is 50.7 Å². The third-order valence-electron chi connectivity index (χ3n) is 4.73. The fraction of sp³-hybridized carbons (Fsp3) is 0.435. The van der Waals surface area contributed by atoms with Crippen molar-refractivity contribution in [2.75, 3.05) is 47.9 Å². The molecule has 7 heteroatoms. The number of aliphatic imine (C=N–C) groups is 1. The molecule has 0 bridgehead atoms. The molecule has 0 fully saturated rings. The number of ether oxygens (including phenoxy) is 2. The Bertz CT molecular complexity index is 769. The van der Waals surface area contributed by atoms with Gasteiger partial charge in [-0.15, -0.1) is 24.0 Å². The molecule has 0 aromatic heterocycles. The van der Waals surface area contributed by atoms with Crippen LogP contribution in [0.15, 0.2) is 53.5 Å². The Morgan fingerprint density at radius 1 is 1.00 bits per heavy atom. The number of nitrogens with one attached hydrogen (secondary N) is 2. The number of hydrogen-bond acceptors (Lipinski definition) is 4. The number of nitrogens with zero attached hydrogens (tertiary/aromatic N) is 2. The molecule has 166 valence electrons. The van der Waals surface area contributed by atoms with Crippen molar-refractivity contribution in [1.29, 1.82) is 0 Å². The third kappa shape index (κ3) is 8.02. The molecule has 0 aliphatic rings. The highest BCUT2D eigenvalue weighted by atomic mass is 127. The lowest BCUT2D eigenvalue weighted by molar-refractivity contribution is 0.306. The van der Waals surface area contributed by atoms with Gasteiger partial charge in [-0.25, -0.2) is 0 Å². The average molecular weight is 526 g/mol. The van der Waals surface area contributed by atoms with Crippen molar-refractivity contribution >= 4 is 29.9 Å². The fourth-order valence-corrected chi connectivity index (χ4v) is 3.12. The molecule has 1 atom stereocenters. The second-order valence-corrected chi connectivity index (χ2v) is 6.98. The van der Waals surface area contributed by atoms with E-state index in [1.165, 1.54) is 11.1 Å². The highest BCUT2D eigenvalue weighted by molar-refractivity contribution is 14.0. The normalized spacial score (nSPS) is 12.1. The first kappa shape index (κ1) is 26.0. The van der Waals surface area contributed by atoms with Crippen molar-refractivity contribution in [3.8, 4) is 11.5 Å². The van der Waals surface area contributed by atoms with Gasteiger partial charge in [-0.3, -0.25) is 4.99 Å². The quantitative estimate of drug-likeness (QED) is 0.281. The summed E-state index contributed by atoms with van der Waals surface area (Å²) in [6, 6.07) is 16.7. The summed E-state index contributed by atoms with van der Waals surface area (Å²) in [7, 11) is 7.48. The summed E-state index contributed by atoms with van der Waals surface area (Å²) in [6.45, 7) is 4.36. The van der Waals surface area contributed by atoms with Gasteiger partial charge in [0.2, 0.25) is 0 Å². The summed E-state index contributed by atoms with van der Waals surface area (Å²) in [5.41, 5.74) is 2.45. The Hall–Kier alpha value is -2.00. The maximum Gasteiger partial charge on any atom is 0.191 e. The van der Waals surface area contributed by atoms with Crippen LogP contribution >= 0.6 is 24.0 Å². The van der Waals surface area contributed by atoms with Crippen LogP contribution in [-0.2, 0) is 6.42 Å². The van der Waals surface area contributed by atoms with Crippen molar-refractivity contribution < 1.29 is 9.47 Å². The first-order chi connectivity index (χ1) is 14.1. The fourth-order valence-electron chi connectivity index (χ4n) is 3.12. The van der Waals surface area contributed by atoms with E-state index in [1.807, 2.05) is 18.2 Å². The Kier molecular flexibility index (Phi) is 12.2. The topological polar surface area (TPSA) is 58.1 Å². The second kappa shape index (κ2) is 14.1. The van der Waals surface area contributed by atoms with E-state index < -0.39 is 0 Å². The summed E-state index contributed by atoms with van der Waals surface area (Å²) >= 11 is 0. The lowest BCUT2D eigenvalue weighted by Gasteiger charge is -2.23. The molecule has 0 spiro atoms. The zero-order valence-corrected chi connectivity index (χ0v) is 21.0. The molecule has 0 heterocycles. The molecule has 0 aliphatic heterocycles. The molecule has 0 radical (unpaired) electrons. The van der Waals surface area contributed by atoms with Crippen molar-refractivity contribution in [3.05, 3.63) is 59.7 Å². The van der Waals surface area contributed by atoms with Crippen LogP contribution in [0.3, 0.4) is 0 Å². The third-order valence-corrected chi connectivity index (χ3v) is 4.73. The Morgan fingerprint density at radius 2 is 1.70 bits per heavy atom. The van der Waals surface area contributed by atoms with Gasteiger partial charge in [-0.1, -0.05) is 36.4 Å². The van der Waals surface area contributed by atoms with Crippen LogP contribution in [0.2, 0.25) is 0 Å². The predicted molar refractivity (Wildman–Crippen MR) is 136 cm³/mol. The van der Waals surface area contributed by atoms with E-state index >= 15 is 0 Å². The molecular weight excluding hydrogens is 491 g/mol. The lowest BCUT2D eigenvalue weighted by atomic mass is 10.1. The average Bonchev–Trinajstić information content (AvgIpc) is 2.74. The number of benzene rings is 2. The largest absolute Gasteiger partial charge is 0.493 e. The summed E-state index contributed by atoms with van der Waals surface area (Å²) in [6.07, 6.45) is 0.862. The molecule has 2 aromatic rings. The van der Waals surface area contributed by atoms with Gasteiger partial charge in [0.25, 0.3) is 0 Å². The zero-order chi connectivity index (χ0) is 21.1. The number of methoxy groups -OCH3 is 2. The van der Waals surface area contributed by atoms with Crippen LogP contribution < -0.4 is 20.1 Å².